The van der Waals surface area contributed by atoms with Gasteiger partial charge in [0.25, 0.3) is 0 Å². The maximum Gasteiger partial charge on any atom is 0.164 e. The minimum Gasteiger partial charge on any atom is -0.467 e. The van der Waals surface area contributed by atoms with Crippen molar-refractivity contribution in [2.24, 2.45) is 0 Å². The number of aryl methyl sites for hydroxylation is 2. The molecule has 0 saturated heterocycles. The minimum atomic E-state index is 0.161. The van der Waals surface area contributed by atoms with Crippen LogP contribution in [0.25, 0.3) is 0 Å². The lowest BCUT2D eigenvalue weighted by atomic mass is 10.2. The zero-order valence-electron chi connectivity index (χ0n) is 9.74. The Labute approximate surface area is 94.3 Å². The number of hydrogen-bond donors (Lipinski definition) is 2. The molecule has 5 nitrogen and oxygen atoms in total. The van der Waals surface area contributed by atoms with E-state index < -0.39 is 0 Å². The van der Waals surface area contributed by atoms with Gasteiger partial charge in [0.2, 0.25) is 0 Å². The van der Waals surface area contributed by atoms with Crippen molar-refractivity contribution in [2.45, 2.75) is 33.4 Å². The second-order valence-corrected chi connectivity index (χ2v) is 3.91. The lowest BCUT2D eigenvalue weighted by Gasteiger charge is -2.10. The van der Waals surface area contributed by atoms with Crippen LogP contribution in [0.2, 0.25) is 0 Å². The molecule has 5 heteroatoms. The zero-order valence-corrected chi connectivity index (χ0v) is 9.74. The van der Waals surface area contributed by atoms with E-state index >= 15 is 0 Å². The van der Waals surface area contributed by atoms with Crippen molar-refractivity contribution < 1.29 is 4.42 Å². The molecule has 1 unspecified atom stereocenters. The lowest BCUT2D eigenvalue weighted by Crippen LogP contribution is -2.19. The van der Waals surface area contributed by atoms with Crippen LogP contribution in [0, 0.1) is 13.8 Å². The molecular formula is C11H16N4O. The van der Waals surface area contributed by atoms with Gasteiger partial charge in [-0.15, -0.1) is 0 Å². The first-order valence-electron chi connectivity index (χ1n) is 5.32. The molecular weight excluding hydrogens is 204 g/mol. The molecule has 2 N–H and O–H groups in total. The Balaban J connectivity index is 1.93. The molecule has 2 heterocycles. The fraction of sp³-hybridized carbons (Fsp3) is 0.455. The van der Waals surface area contributed by atoms with Crippen molar-refractivity contribution in [3.63, 3.8) is 0 Å². The average molecular weight is 220 g/mol. The highest BCUT2D eigenvalue weighted by atomic mass is 16.3. The van der Waals surface area contributed by atoms with E-state index in [0.717, 1.165) is 23.0 Å². The van der Waals surface area contributed by atoms with Gasteiger partial charge in [-0.2, -0.15) is 5.10 Å². The number of H-pyrrole nitrogens is 1. The molecule has 16 heavy (non-hydrogen) atoms. The van der Waals surface area contributed by atoms with Gasteiger partial charge in [0, 0.05) is 0 Å². The van der Waals surface area contributed by atoms with E-state index in [2.05, 4.69) is 27.4 Å². The summed E-state index contributed by atoms with van der Waals surface area (Å²) in [5.74, 6) is 2.57. The van der Waals surface area contributed by atoms with Gasteiger partial charge in [0.05, 0.1) is 18.8 Å². The summed E-state index contributed by atoms with van der Waals surface area (Å²) < 4.78 is 5.41. The lowest BCUT2D eigenvalue weighted by molar-refractivity contribution is 0.424. The van der Waals surface area contributed by atoms with Gasteiger partial charge in [-0.25, -0.2) is 4.98 Å². The van der Waals surface area contributed by atoms with Crippen molar-refractivity contribution in [1.82, 2.24) is 20.5 Å². The molecule has 0 aliphatic heterocycles. The van der Waals surface area contributed by atoms with Gasteiger partial charge in [-0.05, 0) is 32.4 Å². The van der Waals surface area contributed by atoms with Crippen LogP contribution in [-0.4, -0.2) is 15.2 Å². The fourth-order valence-corrected chi connectivity index (χ4v) is 1.63. The molecule has 0 amide bonds. The second kappa shape index (κ2) is 4.49. The van der Waals surface area contributed by atoms with Crippen LogP contribution >= 0.6 is 0 Å². The van der Waals surface area contributed by atoms with E-state index in [4.69, 9.17) is 4.42 Å². The van der Waals surface area contributed by atoms with Gasteiger partial charge in [0.1, 0.15) is 11.6 Å². The standard InChI is InChI=1S/C11H16N4O/c1-7-4-5-16-11(7)8(2)12-6-10-13-9(3)14-15-10/h4-5,8,12H,6H2,1-3H3,(H,13,14,15). The SMILES string of the molecule is Cc1nc(CNC(C)c2occc2C)n[nH]1. The Morgan fingerprint density at radius 2 is 2.31 bits per heavy atom. The highest BCUT2D eigenvalue weighted by molar-refractivity contribution is 5.17. The van der Waals surface area contributed by atoms with E-state index in [0.29, 0.717) is 6.54 Å². The molecule has 0 radical (unpaired) electrons. The highest BCUT2D eigenvalue weighted by Gasteiger charge is 2.11. The topological polar surface area (TPSA) is 66.7 Å². The van der Waals surface area contributed by atoms with Gasteiger partial charge in [0.15, 0.2) is 5.82 Å². The van der Waals surface area contributed by atoms with E-state index in [1.54, 1.807) is 6.26 Å². The summed E-state index contributed by atoms with van der Waals surface area (Å²) in [7, 11) is 0. The van der Waals surface area contributed by atoms with E-state index in [-0.39, 0.29) is 6.04 Å². The molecule has 0 aromatic carbocycles. The Morgan fingerprint density at radius 3 is 2.88 bits per heavy atom. The molecule has 2 rings (SSSR count). The quantitative estimate of drug-likeness (QED) is 0.825. The van der Waals surface area contributed by atoms with Gasteiger partial charge >= 0.3 is 0 Å². The van der Waals surface area contributed by atoms with Crippen molar-refractivity contribution in [2.75, 3.05) is 0 Å². The average Bonchev–Trinajstić information content (AvgIpc) is 2.84. The first-order valence-corrected chi connectivity index (χ1v) is 5.32. The van der Waals surface area contributed by atoms with Crippen LogP contribution in [-0.2, 0) is 6.54 Å². The smallest absolute Gasteiger partial charge is 0.164 e. The summed E-state index contributed by atoms with van der Waals surface area (Å²) in [4.78, 5) is 4.23. The van der Waals surface area contributed by atoms with Crippen LogP contribution in [0.15, 0.2) is 16.7 Å². The van der Waals surface area contributed by atoms with Crippen molar-refractivity contribution in [3.8, 4) is 0 Å². The number of nitrogens with one attached hydrogen (secondary N) is 2. The summed E-state index contributed by atoms with van der Waals surface area (Å²) in [6, 6.07) is 2.12. The van der Waals surface area contributed by atoms with Gasteiger partial charge in [-0.3, -0.25) is 5.10 Å². The van der Waals surface area contributed by atoms with Crippen LogP contribution in [0.3, 0.4) is 0 Å². The Bertz CT molecular complexity index is 460. The number of rotatable bonds is 4. The summed E-state index contributed by atoms with van der Waals surface area (Å²) in [6.07, 6.45) is 1.71. The third kappa shape index (κ3) is 2.30. The minimum absolute atomic E-state index is 0.161. The highest BCUT2D eigenvalue weighted by Crippen LogP contribution is 2.17. The summed E-state index contributed by atoms with van der Waals surface area (Å²) in [6.45, 7) is 6.61. The molecule has 0 bridgehead atoms. The molecule has 0 aliphatic rings. The van der Waals surface area contributed by atoms with Crippen molar-refractivity contribution in [3.05, 3.63) is 35.3 Å². The predicted molar refractivity (Wildman–Crippen MR) is 59.8 cm³/mol. The van der Waals surface area contributed by atoms with Gasteiger partial charge < -0.3 is 9.73 Å². The maximum atomic E-state index is 5.41. The Kier molecular flexibility index (Phi) is 3.05. The molecule has 2 aromatic rings. The van der Waals surface area contributed by atoms with Gasteiger partial charge in [-0.1, -0.05) is 0 Å². The zero-order chi connectivity index (χ0) is 11.5. The predicted octanol–water partition coefficient (Wildman–Crippen LogP) is 1.87. The second-order valence-electron chi connectivity index (χ2n) is 3.91. The number of aromatic nitrogens is 3. The first kappa shape index (κ1) is 10.9. The third-order valence-electron chi connectivity index (χ3n) is 2.50. The number of nitrogens with zero attached hydrogens (tertiary/aromatic N) is 2. The molecule has 1 atom stereocenters. The number of aromatic amines is 1. The van der Waals surface area contributed by atoms with Crippen molar-refractivity contribution in [1.29, 1.82) is 0 Å². The van der Waals surface area contributed by atoms with E-state index in [1.165, 1.54) is 0 Å². The van der Waals surface area contributed by atoms with E-state index in [9.17, 15) is 0 Å². The largest absolute Gasteiger partial charge is 0.467 e. The molecule has 0 spiro atoms. The monoisotopic (exact) mass is 220 g/mol. The first-order chi connectivity index (χ1) is 7.66. The summed E-state index contributed by atoms with van der Waals surface area (Å²) >= 11 is 0. The van der Waals surface area contributed by atoms with Crippen LogP contribution in [0.4, 0.5) is 0 Å². The normalized spacial score (nSPS) is 12.9. The molecule has 2 aromatic heterocycles. The number of furan rings is 1. The maximum absolute atomic E-state index is 5.41. The van der Waals surface area contributed by atoms with Crippen LogP contribution in [0.5, 0.6) is 0 Å². The van der Waals surface area contributed by atoms with Crippen LogP contribution in [0.1, 0.15) is 35.9 Å². The Morgan fingerprint density at radius 1 is 1.50 bits per heavy atom. The summed E-state index contributed by atoms with van der Waals surface area (Å²) in [5.41, 5.74) is 1.16. The number of hydrogen-bond acceptors (Lipinski definition) is 4. The van der Waals surface area contributed by atoms with Crippen molar-refractivity contribution >= 4 is 0 Å². The molecule has 0 aliphatic carbocycles. The van der Waals surface area contributed by atoms with E-state index in [1.807, 2.05) is 19.9 Å². The summed E-state index contributed by atoms with van der Waals surface area (Å²) in [5, 5.41) is 10.2. The molecule has 0 saturated carbocycles. The molecule has 86 valence electrons. The Hall–Kier alpha value is -1.62. The fourth-order valence-electron chi connectivity index (χ4n) is 1.63. The van der Waals surface area contributed by atoms with Crippen LogP contribution < -0.4 is 5.32 Å². The molecule has 0 fully saturated rings. The third-order valence-corrected chi connectivity index (χ3v) is 2.50.